The van der Waals surface area contributed by atoms with Crippen LogP contribution in [0.4, 0.5) is 0 Å². The number of carbonyl (C=O) groups is 3. The van der Waals surface area contributed by atoms with E-state index in [1.54, 1.807) is 12.1 Å². The summed E-state index contributed by atoms with van der Waals surface area (Å²) in [5.41, 5.74) is 6.81. The van der Waals surface area contributed by atoms with Gasteiger partial charge in [0.05, 0.1) is 6.04 Å². The van der Waals surface area contributed by atoms with Crippen LogP contribution in [0.3, 0.4) is 0 Å². The predicted octanol–water partition coefficient (Wildman–Crippen LogP) is -1.95. The van der Waals surface area contributed by atoms with Gasteiger partial charge in [-0.1, -0.05) is 18.2 Å². The molecule has 1 amide bonds. The van der Waals surface area contributed by atoms with Gasteiger partial charge in [0, 0.05) is 6.42 Å². The summed E-state index contributed by atoms with van der Waals surface area (Å²) in [4.78, 5) is 35.5. The third-order valence-corrected chi connectivity index (χ3v) is 5.86. The lowest BCUT2D eigenvalue weighted by Gasteiger charge is -2.38. The summed E-state index contributed by atoms with van der Waals surface area (Å²) in [7, 11) is 0. The van der Waals surface area contributed by atoms with Gasteiger partial charge >= 0.3 is 11.9 Å². The van der Waals surface area contributed by atoms with E-state index < -0.39 is 66.4 Å². The fourth-order valence-corrected chi connectivity index (χ4v) is 3.76. The molecule has 206 valence electrons. The van der Waals surface area contributed by atoms with Crippen LogP contribution in [0.1, 0.15) is 11.1 Å². The largest absolute Gasteiger partial charge is 0.508 e. The van der Waals surface area contributed by atoms with Gasteiger partial charge in [-0.2, -0.15) is 0 Å². The maximum absolute atomic E-state index is 12.5. The van der Waals surface area contributed by atoms with Crippen LogP contribution in [0.15, 0.2) is 42.5 Å². The Kier molecular flexibility index (Phi) is 9.08. The lowest BCUT2D eigenvalue weighted by atomic mass is 9.99. The number of aromatic hydroxyl groups is 2. The van der Waals surface area contributed by atoms with Gasteiger partial charge in [-0.15, -0.1) is 0 Å². The normalized spacial score (nSPS) is 24.7. The lowest BCUT2D eigenvalue weighted by molar-refractivity contribution is -0.271. The standard InChI is InChI=1S/C24H28N2O12/c25-13(7-10-1-4-12(27)5-2-10)21(32)26-14(22(33)34)8-11-3-6-16(15(28)9-11)37-24-19(31)17(29)18(30)20(38-24)23(35)36/h1-6,9,13-14,17-20,24,27-31H,7-8,25H2,(H,26,32)(H,33,34)(H,35,36)/t13-,14-,17-,18-,19+,20-,24?/m0/s1. The van der Waals surface area contributed by atoms with Crippen molar-refractivity contribution in [3.05, 3.63) is 53.6 Å². The molecular formula is C24H28N2O12. The van der Waals surface area contributed by atoms with Crippen molar-refractivity contribution in [3.8, 4) is 17.2 Å². The molecule has 1 unspecified atom stereocenters. The SMILES string of the molecule is N[C@@H](Cc1ccc(O)cc1)C(=O)N[C@@H](Cc1ccc(OC2O[C@H](C(=O)O)[C@@H](O)[C@H](O)[C@H]2O)c(O)c1)C(=O)O. The first-order chi connectivity index (χ1) is 17.9. The maximum Gasteiger partial charge on any atom is 0.335 e. The Morgan fingerprint density at radius 2 is 1.55 bits per heavy atom. The summed E-state index contributed by atoms with van der Waals surface area (Å²) in [5, 5.41) is 70.4. The summed E-state index contributed by atoms with van der Waals surface area (Å²) in [6.07, 6.45) is -9.50. The number of rotatable bonds is 10. The Balaban J connectivity index is 1.65. The van der Waals surface area contributed by atoms with Gasteiger partial charge in [-0.25, -0.2) is 9.59 Å². The van der Waals surface area contributed by atoms with Crippen LogP contribution in [0, 0.1) is 0 Å². The molecular weight excluding hydrogens is 508 g/mol. The van der Waals surface area contributed by atoms with E-state index in [0.29, 0.717) is 5.56 Å². The molecule has 2 aromatic rings. The second kappa shape index (κ2) is 12.1. The zero-order valence-corrected chi connectivity index (χ0v) is 19.7. The third-order valence-electron chi connectivity index (χ3n) is 5.86. The fraction of sp³-hybridized carbons (Fsp3) is 0.375. The molecule has 1 aliphatic heterocycles. The minimum Gasteiger partial charge on any atom is -0.508 e. The van der Waals surface area contributed by atoms with Gasteiger partial charge in [0.1, 0.15) is 30.1 Å². The molecule has 10 N–H and O–H groups in total. The summed E-state index contributed by atoms with van der Waals surface area (Å²) in [6, 6.07) is 7.19. The van der Waals surface area contributed by atoms with Crippen molar-refractivity contribution in [2.24, 2.45) is 5.73 Å². The summed E-state index contributed by atoms with van der Waals surface area (Å²) in [6.45, 7) is 0. The Hall–Kier alpha value is -3.95. The number of benzene rings is 2. The first-order valence-corrected chi connectivity index (χ1v) is 11.3. The number of carboxylic acid groups (broad SMARTS) is 2. The number of amides is 1. The number of carbonyl (C=O) groups excluding carboxylic acids is 1. The summed E-state index contributed by atoms with van der Waals surface area (Å²) < 4.78 is 10.3. The molecule has 0 spiro atoms. The van der Waals surface area contributed by atoms with E-state index in [0.717, 1.165) is 6.07 Å². The first kappa shape index (κ1) is 28.6. The summed E-state index contributed by atoms with van der Waals surface area (Å²) >= 11 is 0. The second-order valence-electron chi connectivity index (χ2n) is 8.74. The highest BCUT2D eigenvalue weighted by Gasteiger charge is 2.48. The molecule has 14 nitrogen and oxygen atoms in total. The van der Waals surface area contributed by atoms with E-state index in [2.05, 4.69) is 5.32 Å². The van der Waals surface area contributed by atoms with Crippen molar-refractivity contribution >= 4 is 17.8 Å². The van der Waals surface area contributed by atoms with E-state index in [9.17, 15) is 45.0 Å². The molecule has 0 bridgehead atoms. The summed E-state index contributed by atoms with van der Waals surface area (Å²) in [5.74, 6) is -4.49. The number of aliphatic hydroxyl groups is 3. The average molecular weight is 536 g/mol. The van der Waals surface area contributed by atoms with E-state index in [1.165, 1.54) is 24.3 Å². The molecule has 0 radical (unpaired) electrons. The van der Waals surface area contributed by atoms with E-state index in [4.69, 9.17) is 20.3 Å². The quantitative estimate of drug-likeness (QED) is 0.160. The first-order valence-electron chi connectivity index (χ1n) is 11.3. The van der Waals surface area contributed by atoms with Gasteiger partial charge in [-0.3, -0.25) is 4.79 Å². The Morgan fingerprint density at radius 1 is 0.921 bits per heavy atom. The molecule has 0 saturated carbocycles. The zero-order chi connectivity index (χ0) is 28.1. The minimum absolute atomic E-state index is 0.0423. The molecule has 1 aliphatic rings. The number of hydrogen-bond acceptors (Lipinski definition) is 11. The topological polar surface area (TPSA) is 249 Å². The van der Waals surface area contributed by atoms with Crippen LogP contribution in [-0.4, -0.2) is 96.4 Å². The van der Waals surface area contributed by atoms with Crippen LogP contribution in [-0.2, 0) is 32.0 Å². The number of nitrogens with one attached hydrogen (secondary N) is 1. The lowest BCUT2D eigenvalue weighted by Crippen LogP contribution is -2.61. The number of aliphatic carboxylic acids is 2. The number of phenolic OH excluding ortho intramolecular Hbond substituents is 2. The Bertz CT molecular complexity index is 1160. The van der Waals surface area contributed by atoms with Gasteiger partial charge in [-0.05, 0) is 41.8 Å². The van der Waals surface area contributed by atoms with E-state index >= 15 is 0 Å². The molecule has 14 heteroatoms. The Labute approximate surface area is 215 Å². The van der Waals surface area contributed by atoms with Crippen molar-refractivity contribution in [2.45, 2.75) is 55.6 Å². The van der Waals surface area contributed by atoms with Crippen LogP contribution in [0.25, 0.3) is 0 Å². The Morgan fingerprint density at radius 3 is 2.13 bits per heavy atom. The number of carboxylic acids is 2. The van der Waals surface area contributed by atoms with Crippen LogP contribution in [0.5, 0.6) is 17.2 Å². The monoisotopic (exact) mass is 536 g/mol. The van der Waals surface area contributed by atoms with Crippen molar-refractivity contribution in [1.29, 1.82) is 0 Å². The number of ether oxygens (including phenoxy) is 2. The average Bonchev–Trinajstić information content (AvgIpc) is 2.86. The van der Waals surface area contributed by atoms with E-state index in [1.807, 2.05) is 0 Å². The van der Waals surface area contributed by atoms with Crippen molar-refractivity contribution in [2.75, 3.05) is 0 Å². The second-order valence-corrected chi connectivity index (χ2v) is 8.74. The van der Waals surface area contributed by atoms with Crippen LogP contribution in [0.2, 0.25) is 0 Å². The smallest absolute Gasteiger partial charge is 0.335 e. The van der Waals surface area contributed by atoms with Gasteiger partial charge in [0.2, 0.25) is 12.2 Å². The molecule has 3 rings (SSSR count). The third kappa shape index (κ3) is 6.87. The molecule has 7 atom stereocenters. The van der Waals surface area contributed by atoms with Crippen molar-refractivity contribution < 1.29 is 59.6 Å². The number of phenols is 2. The van der Waals surface area contributed by atoms with Crippen LogP contribution >= 0.6 is 0 Å². The number of aliphatic hydroxyl groups excluding tert-OH is 3. The molecule has 1 saturated heterocycles. The van der Waals surface area contributed by atoms with Gasteiger partial charge in [0.15, 0.2) is 17.6 Å². The molecule has 1 fully saturated rings. The molecule has 2 aromatic carbocycles. The van der Waals surface area contributed by atoms with Crippen LogP contribution < -0.4 is 15.8 Å². The highest BCUT2D eigenvalue weighted by molar-refractivity contribution is 5.87. The number of nitrogens with two attached hydrogens (primary N) is 1. The fourth-order valence-electron chi connectivity index (χ4n) is 3.76. The molecule has 0 aliphatic carbocycles. The molecule has 1 heterocycles. The van der Waals surface area contributed by atoms with Crippen molar-refractivity contribution in [1.82, 2.24) is 5.32 Å². The zero-order valence-electron chi connectivity index (χ0n) is 19.7. The van der Waals surface area contributed by atoms with Gasteiger partial charge < -0.3 is 56.3 Å². The maximum atomic E-state index is 12.5. The van der Waals surface area contributed by atoms with Crippen molar-refractivity contribution in [3.63, 3.8) is 0 Å². The van der Waals surface area contributed by atoms with E-state index in [-0.39, 0.29) is 29.9 Å². The minimum atomic E-state index is -1.92. The molecule has 38 heavy (non-hydrogen) atoms. The molecule has 0 aromatic heterocycles. The number of hydrogen-bond donors (Lipinski definition) is 9. The predicted molar refractivity (Wildman–Crippen MR) is 126 cm³/mol. The van der Waals surface area contributed by atoms with Gasteiger partial charge in [0.25, 0.3) is 0 Å². The highest BCUT2D eigenvalue weighted by atomic mass is 16.7. The highest BCUT2D eigenvalue weighted by Crippen LogP contribution is 2.31.